The van der Waals surface area contributed by atoms with Gasteiger partial charge in [-0.1, -0.05) is 37.7 Å². The van der Waals surface area contributed by atoms with Crippen molar-refractivity contribution in [3.05, 3.63) is 54.1 Å². The Morgan fingerprint density at radius 1 is 0.923 bits per heavy atom. The molecule has 0 spiro atoms. The average molecular weight is 372 g/mol. The smallest absolute Gasteiger partial charge is 0.182 e. The largest absolute Gasteiger partial charge is 0.494 e. The van der Waals surface area contributed by atoms with Crippen molar-refractivity contribution in [2.45, 2.75) is 49.9 Å². The Labute approximate surface area is 161 Å². The first-order chi connectivity index (χ1) is 12.4. The highest BCUT2D eigenvalue weighted by Gasteiger charge is 2.33. The summed E-state index contributed by atoms with van der Waals surface area (Å²) in [5, 5.41) is 0. The Hall–Kier alpha value is -1.78. The second-order valence-electron chi connectivity index (χ2n) is 6.59. The van der Waals surface area contributed by atoms with E-state index in [4.69, 9.17) is 4.74 Å². The number of benzene rings is 2. The standard InChI is InChI=1S/C22H29NO2S/c1-6-23(7-2)22(4,5)21(24)17-9-13-19(14-10-17)26-20-15-11-18(12-16-20)25-8-3/h9-16H,6-8H2,1-5H3. The van der Waals surface area contributed by atoms with Gasteiger partial charge in [0.25, 0.3) is 0 Å². The van der Waals surface area contributed by atoms with Crippen molar-refractivity contribution >= 4 is 17.5 Å². The van der Waals surface area contributed by atoms with Crippen molar-refractivity contribution in [2.75, 3.05) is 19.7 Å². The molecule has 140 valence electrons. The van der Waals surface area contributed by atoms with Crippen LogP contribution in [0.15, 0.2) is 58.3 Å². The lowest BCUT2D eigenvalue weighted by atomic mass is 9.91. The van der Waals surface area contributed by atoms with Crippen LogP contribution >= 0.6 is 11.8 Å². The molecule has 0 saturated heterocycles. The van der Waals surface area contributed by atoms with Crippen LogP contribution in [-0.2, 0) is 0 Å². The molecule has 0 saturated carbocycles. The number of hydrogen-bond acceptors (Lipinski definition) is 4. The van der Waals surface area contributed by atoms with E-state index in [2.05, 4.69) is 30.9 Å². The molecule has 0 aromatic heterocycles. The lowest BCUT2D eigenvalue weighted by Gasteiger charge is -2.35. The van der Waals surface area contributed by atoms with Crippen LogP contribution in [0.5, 0.6) is 5.75 Å². The van der Waals surface area contributed by atoms with Gasteiger partial charge >= 0.3 is 0 Å². The molecule has 3 nitrogen and oxygen atoms in total. The molecule has 0 atom stereocenters. The van der Waals surface area contributed by atoms with Gasteiger partial charge in [-0.15, -0.1) is 0 Å². The maximum Gasteiger partial charge on any atom is 0.182 e. The van der Waals surface area contributed by atoms with Gasteiger partial charge in [-0.3, -0.25) is 9.69 Å². The number of Topliss-reactive ketones (excluding diaryl/α,β-unsaturated/α-hetero) is 1. The summed E-state index contributed by atoms with van der Waals surface area (Å²) in [6, 6.07) is 16.0. The van der Waals surface area contributed by atoms with E-state index in [-0.39, 0.29) is 5.78 Å². The van der Waals surface area contributed by atoms with Gasteiger partial charge in [-0.05, 0) is 70.3 Å². The highest BCUT2D eigenvalue weighted by atomic mass is 32.2. The Morgan fingerprint density at radius 3 is 1.88 bits per heavy atom. The van der Waals surface area contributed by atoms with Gasteiger partial charge in [0.1, 0.15) is 5.75 Å². The lowest BCUT2D eigenvalue weighted by molar-refractivity contribution is 0.0668. The highest BCUT2D eigenvalue weighted by Crippen LogP contribution is 2.30. The number of hydrogen-bond donors (Lipinski definition) is 0. The fourth-order valence-electron chi connectivity index (χ4n) is 3.09. The number of ketones is 1. The molecule has 0 aliphatic carbocycles. The normalized spacial score (nSPS) is 11.6. The van der Waals surface area contributed by atoms with Crippen LogP contribution in [0.4, 0.5) is 0 Å². The van der Waals surface area contributed by atoms with E-state index in [1.807, 2.05) is 57.2 Å². The first-order valence-corrected chi connectivity index (χ1v) is 10.0. The molecule has 0 fully saturated rings. The molecule has 0 aliphatic rings. The fourth-order valence-corrected chi connectivity index (χ4v) is 3.91. The number of nitrogens with zero attached hydrogens (tertiary/aromatic N) is 1. The second-order valence-corrected chi connectivity index (χ2v) is 7.74. The monoisotopic (exact) mass is 371 g/mol. The van der Waals surface area contributed by atoms with Crippen LogP contribution in [-0.4, -0.2) is 35.9 Å². The summed E-state index contributed by atoms with van der Waals surface area (Å²) < 4.78 is 5.47. The molecular weight excluding hydrogens is 342 g/mol. The molecule has 4 heteroatoms. The third kappa shape index (κ3) is 4.89. The van der Waals surface area contributed by atoms with E-state index < -0.39 is 5.54 Å². The number of carbonyl (C=O) groups is 1. The molecule has 2 aromatic rings. The summed E-state index contributed by atoms with van der Waals surface area (Å²) in [6.07, 6.45) is 0. The summed E-state index contributed by atoms with van der Waals surface area (Å²) in [5.41, 5.74) is 0.269. The van der Waals surface area contributed by atoms with E-state index in [9.17, 15) is 4.79 Å². The van der Waals surface area contributed by atoms with Crippen molar-refractivity contribution in [3.8, 4) is 5.75 Å². The Bertz CT molecular complexity index is 704. The summed E-state index contributed by atoms with van der Waals surface area (Å²) in [5.74, 6) is 1.05. The Kier molecular flexibility index (Phi) is 7.30. The summed E-state index contributed by atoms with van der Waals surface area (Å²) in [4.78, 5) is 17.4. The van der Waals surface area contributed by atoms with E-state index in [1.165, 1.54) is 0 Å². The first kappa shape index (κ1) is 20.5. The number of rotatable bonds is 9. The van der Waals surface area contributed by atoms with E-state index in [1.54, 1.807) is 11.8 Å². The topological polar surface area (TPSA) is 29.5 Å². The molecule has 2 aromatic carbocycles. The third-order valence-corrected chi connectivity index (χ3v) is 5.61. The zero-order valence-corrected chi connectivity index (χ0v) is 17.2. The van der Waals surface area contributed by atoms with Gasteiger partial charge in [-0.2, -0.15) is 0 Å². The van der Waals surface area contributed by atoms with Gasteiger partial charge in [0.05, 0.1) is 12.1 Å². The molecule has 0 unspecified atom stereocenters. The molecule has 0 N–H and O–H groups in total. The second kappa shape index (κ2) is 9.24. The van der Waals surface area contributed by atoms with Crippen LogP contribution in [0.3, 0.4) is 0 Å². The molecule has 2 rings (SSSR count). The molecular formula is C22H29NO2S. The predicted molar refractivity (Wildman–Crippen MR) is 110 cm³/mol. The van der Waals surface area contributed by atoms with Crippen LogP contribution < -0.4 is 4.74 Å². The molecule has 26 heavy (non-hydrogen) atoms. The van der Waals surface area contributed by atoms with Crippen LogP contribution in [0.2, 0.25) is 0 Å². The first-order valence-electron chi connectivity index (χ1n) is 9.23. The minimum absolute atomic E-state index is 0.166. The van der Waals surface area contributed by atoms with E-state index >= 15 is 0 Å². The van der Waals surface area contributed by atoms with Crippen molar-refractivity contribution in [1.29, 1.82) is 0 Å². The maximum atomic E-state index is 12.9. The van der Waals surface area contributed by atoms with Crippen molar-refractivity contribution in [3.63, 3.8) is 0 Å². The van der Waals surface area contributed by atoms with Crippen molar-refractivity contribution in [1.82, 2.24) is 4.90 Å². The zero-order chi connectivity index (χ0) is 19.2. The minimum Gasteiger partial charge on any atom is -0.494 e. The van der Waals surface area contributed by atoms with Gasteiger partial charge in [-0.25, -0.2) is 0 Å². The molecule has 0 radical (unpaired) electrons. The molecule has 0 amide bonds. The van der Waals surface area contributed by atoms with Crippen molar-refractivity contribution < 1.29 is 9.53 Å². The Morgan fingerprint density at radius 2 is 1.42 bits per heavy atom. The summed E-state index contributed by atoms with van der Waals surface area (Å²) in [7, 11) is 0. The zero-order valence-electron chi connectivity index (χ0n) is 16.4. The van der Waals surface area contributed by atoms with Gasteiger partial charge in [0, 0.05) is 15.4 Å². The number of likely N-dealkylation sites (N-methyl/N-ethyl adjacent to an activating group) is 1. The van der Waals surface area contributed by atoms with E-state index in [0.717, 1.165) is 34.2 Å². The van der Waals surface area contributed by atoms with Gasteiger partial charge in [0.15, 0.2) is 5.78 Å². The highest BCUT2D eigenvalue weighted by molar-refractivity contribution is 7.99. The molecule has 0 bridgehead atoms. The minimum atomic E-state index is -0.493. The lowest BCUT2D eigenvalue weighted by Crippen LogP contribution is -2.49. The molecule has 0 heterocycles. The van der Waals surface area contributed by atoms with Gasteiger partial charge in [0.2, 0.25) is 0 Å². The van der Waals surface area contributed by atoms with Crippen molar-refractivity contribution in [2.24, 2.45) is 0 Å². The summed E-state index contributed by atoms with van der Waals surface area (Å²) in [6.45, 7) is 12.6. The predicted octanol–water partition coefficient (Wildman–Crippen LogP) is 5.54. The maximum absolute atomic E-state index is 12.9. The third-order valence-electron chi connectivity index (χ3n) is 4.60. The number of ether oxygens (including phenoxy) is 1. The summed E-state index contributed by atoms with van der Waals surface area (Å²) >= 11 is 1.68. The van der Waals surface area contributed by atoms with Crippen LogP contribution in [0.25, 0.3) is 0 Å². The average Bonchev–Trinajstić information content (AvgIpc) is 2.64. The van der Waals surface area contributed by atoms with Gasteiger partial charge < -0.3 is 4.74 Å². The fraction of sp³-hybridized carbons (Fsp3) is 0.409. The van der Waals surface area contributed by atoms with Crippen LogP contribution in [0, 0.1) is 0 Å². The quantitative estimate of drug-likeness (QED) is 0.541. The number of carbonyl (C=O) groups excluding carboxylic acids is 1. The van der Waals surface area contributed by atoms with Crippen LogP contribution in [0.1, 0.15) is 45.0 Å². The van der Waals surface area contributed by atoms with E-state index in [0.29, 0.717) is 6.61 Å². The molecule has 0 aliphatic heterocycles. The SMILES string of the molecule is CCOc1ccc(Sc2ccc(C(=O)C(C)(C)N(CC)CC)cc2)cc1. The Balaban J connectivity index is 2.09.